The van der Waals surface area contributed by atoms with E-state index in [-0.39, 0.29) is 0 Å². The number of oxazole rings is 1. The summed E-state index contributed by atoms with van der Waals surface area (Å²) in [6.07, 6.45) is 4.93. The molecule has 3 heteroatoms. The Kier molecular flexibility index (Phi) is 1.24. The Labute approximate surface area is 59.7 Å². The SMILES string of the molecule is C[n+]1coc(C2CCN2)c1. The van der Waals surface area contributed by atoms with Crippen LogP contribution in [0.25, 0.3) is 0 Å². The summed E-state index contributed by atoms with van der Waals surface area (Å²) in [5, 5.41) is 3.27. The van der Waals surface area contributed by atoms with Gasteiger partial charge in [0.25, 0.3) is 0 Å². The van der Waals surface area contributed by atoms with Gasteiger partial charge in [0, 0.05) is 0 Å². The fourth-order valence-electron chi connectivity index (χ4n) is 1.11. The molecule has 1 saturated heterocycles. The minimum absolute atomic E-state index is 0.473. The predicted molar refractivity (Wildman–Crippen MR) is 35.2 cm³/mol. The highest BCUT2D eigenvalue weighted by Crippen LogP contribution is 2.20. The topological polar surface area (TPSA) is 29.0 Å². The number of rotatable bonds is 1. The van der Waals surface area contributed by atoms with Crippen molar-refractivity contribution in [3.8, 4) is 0 Å². The van der Waals surface area contributed by atoms with Gasteiger partial charge in [0.15, 0.2) is 5.76 Å². The summed E-state index contributed by atoms with van der Waals surface area (Å²) in [4.78, 5) is 0. The van der Waals surface area contributed by atoms with Gasteiger partial charge in [0.1, 0.15) is 7.05 Å². The van der Waals surface area contributed by atoms with E-state index < -0.39 is 0 Å². The zero-order chi connectivity index (χ0) is 6.97. The molecule has 54 valence electrons. The Bertz CT molecular complexity index is 227. The quantitative estimate of drug-likeness (QED) is 0.561. The number of aryl methyl sites for hydroxylation is 1. The Balaban J connectivity index is 2.17. The average Bonchev–Trinajstić information content (AvgIpc) is 2.10. The standard InChI is InChI=1S/C7H11N2O/c1-9-4-7(10-5-9)6-2-3-8-6/h4-6,8H,2-3H2,1H3/q+1. The molecule has 0 radical (unpaired) electrons. The van der Waals surface area contributed by atoms with E-state index in [0.29, 0.717) is 6.04 Å². The molecule has 1 N–H and O–H groups in total. The van der Waals surface area contributed by atoms with Gasteiger partial charge in [-0.2, -0.15) is 4.57 Å². The maximum atomic E-state index is 5.27. The molecule has 1 atom stereocenters. The van der Waals surface area contributed by atoms with Crippen LogP contribution in [0.1, 0.15) is 18.2 Å². The first kappa shape index (κ1) is 5.92. The van der Waals surface area contributed by atoms with Crippen LogP contribution >= 0.6 is 0 Å². The van der Waals surface area contributed by atoms with E-state index in [4.69, 9.17) is 4.42 Å². The molecule has 1 aliphatic rings. The van der Waals surface area contributed by atoms with E-state index in [0.717, 1.165) is 12.3 Å². The number of nitrogens with one attached hydrogen (secondary N) is 1. The second-order valence-corrected chi connectivity index (χ2v) is 2.72. The second-order valence-electron chi connectivity index (χ2n) is 2.72. The molecule has 0 bridgehead atoms. The van der Waals surface area contributed by atoms with Crippen LogP contribution in [0, 0.1) is 0 Å². The molecular formula is C7H11N2O+. The van der Waals surface area contributed by atoms with E-state index >= 15 is 0 Å². The van der Waals surface area contributed by atoms with Crippen molar-refractivity contribution < 1.29 is 8.98 Å². The maximum absolute atomic E-state index is 5.27. The van der Waals surface area contributed by atoms with Crippen molar-refractivity contribution in [1.29, 1.82) is 0 Å². The molecule has 0 spiro atoms. The molecule has 3 nitrogen and oxygen atoms in total. The van der Waals surface area contributed by atoms with Crippen molar-refractivity contribution in [3.05, 3.63) is 18.4 Å². The molecule has 1 aromatic rings. The summed E-state index contributed by atoms with van der Waals surface area (Å²) in [5.41, 5.74) is 0. The number of hydrogen-bond acceptors (Lipinski definition) is 2. The van der Waals surface area contributed by atoms with Gasteiger partial charge in [0.2, 0.25) is 6.20 Å². The van der Waals surface area contributed by atoms with Crippen LogP contribution in [0.15, 0.2) is 17.0 Å². The predicted octanol–water partition coefficient (Wildman–Crippen LogP) is 0.138. The molecule has 1 unspecified atom stereocenters. The highest BCUT2D eigenvalue weighted by atomic mass is 16.3. The molecular weight excluding hydrogens is 128 g/mol. The Morgan fingerprint density at radius 3 is 3.00 bits per heavy atom. The second kappa shape index (κ2) is 2.09. The first-order valence-corrected chi connectivity index (χ1v) is 3.53. The molecule has 2 rings (SSSR count). The highest BCUT2D eigenvalue weighted by Gasteiger charge is 2.23. The van der Waals surface area contributed by atoms with Crippen LogP contribution in [0.4, 0.5) is 0 Å². The first-order chi connectivity index (χ1) is 4.86. The van der Waals surface area contributed by atoms with Gasteiger partial charge in [-0.05, 0) is 13.0 Å². The third-order valence-electron chi connectivity index (χ3n) is 1.85. The van der Waals surface area contributed by atoms with Crippen LogP contribution in [0.3, 0.4) is 0 Å². The van der Waals surface area contributed by atoms with Gasteiger partial charge in [-0.15, -0.1) is 0 Å². The van der Waals surface area contributed by atoms with Gasteiger partial charge in [-0.3, -0.25) is 0 Å². The van der Waals surface area contributed by atoms with Crippen LogP contribution in [-0.4, -0.2) is 6.54 Å². The van der Waals surface area contributed by atoms with Gasteiger partial charge in [-0.1, -0.05) is 0 Å². The van der Waals surface area contributed by atoms with Crippen molar-refractivity contribution in [2.45, 2.75) is 12.5 Å². The normalized spacial score (nSPS) is 24.3. The Morgan fingerprint density at radius 1 is 1.80 bits per heavy atom. The fourth-order valence-corrected chi connectivity index (χ4v) is 1.11. The summed E-state index contributed by atoms with van der Waals surface area (Å²) in [7, 11) is 1.96. The van der Waals surface area contributed by atoms with Crippen LogP contribution in [0.5, 0.6) is 0 Å². The number of aromatic nitrogens is 1. The van der Waals surface area contributed by atoms with Crippen LogP contribution < -0.4 is 9.88 Å². The van der Waals surface area contributed by atoms with Gasteiger partial charge in [0.05, 0.1) is 6.04 Å². The molecule has 1 aromatic heterocycles. The van der Waals surface area contributed by atoms with Gasteiger partial charge >= 0.3 is 6.39 Å². The first-order valence-electron chi connectivity index (χ1n) is 3.53. The number of hydrogen-bond donors (Lipinski definition) is 1. The van der Waals surface area contributed by atoms with E-state index in [2.05, 4.69) is 5.32 Å². The molecule has 2 heterocycles. The van der Waals surface area contributed by atoms with E-state index in [9.17, 15) is 0 Å². The third-order valence-corrected chi connectivity index (χ3v) is 1.85. The molecule has 1 fully saturated rings. The van der Waals surface area contributed by atoms with Gasteiger partial charge < -0.3 is 9.73 Å². The lowest BCUT2D eigenvalue weighted by molar-refractivity contribution is -0.674. The van der Waals surface area contributed by atoms with Crippen LogP contribution in [0.2, 0.25) is 0 Å². The molecule has 0 amide bonds. The van der Waals surface area contributed by atoms with Crippen molar-refractivity contribution in [1.82, 2.24) is 5.32 Å². The zero-order valence-corrected chi connectivity index (χ0v) is 6.00. The number of nitrogens with zero attached hydrogens (tertiary/aromatic N) is 1. The zero-order valence-electron chi connectivity index (χ0n) is 6.00. The molecule has 0 aliphatic carbocycles. The lowest BCUT2D eigenvalue weighted by atomic mass is 10.1. The smallest absolute Gasteiger partial charge is 0.334 e. The summed E-state index contributed by atoms with van der Waals surface area (Å²) >= 11 is 0. The Morgan fingerprint density at radius 2 is 2.60 bits per heavy atom. The third kappa shape index (κ3) is 0.827. The summed E-state index contributed by atoms with van der Waals surface area (Å²) in [5.74, 6) is 1.05. The van der Waals surface area contributed by atoms with Crippen LogP contribution in [-0.2, 0) is 7.05 Å². The minimum atomic E-state index is 0.473. The maximum Gasteiger partial charge on any atom is 0.334 e. The van der Waals surface area contributed by atoms with Crippen molar-refractivity contribution >= 4 is 0 Å². The van der Waals surface area contributed by atoms with Crippen molar-refractivity contribution in [2.24, 2.45) is 7.05 Å². The summed E-state index contributed by atoms with van der Waals surface area (Å²) in [6.45, 7) is 1.12. The fraction of sp³-hybridized carbons (Fsp3) is 0.571. The molecule has 0 aromatic carbocycles. The lowest BCUT2D eigenvalue weighted by Crippen LogP contribution is -2.35. The van der Waals surface area contributed by atoms with Crippen molar-refractivity contribution in [2.75, 3.05) is 6.54 Å². The molecule has 0 saturated carbocycles. The van der Waals surface area contributed by atoms with Crippen molar-refractivity contribution in [3.63, 3.8) is 0 Å². The molecule has 1 aliphatic heterocycles. The minimum Gasteiger partial charge on any atom is -0.407 e. The lowest BCUT2D eigenvalue weighted by Gasteiger charge is -2.23. The Hall–Kier alpha value is -0.830. The molecule has 10 heavy (non-hydrogen) atoms. The van der Waals surface area contributed by atoms with Gasteiger partial charge in [-0.25, -0.2) is 0 Å². The highest BCUT2D eigenvalue weighted by molar-refractivity contribution is 4.98. The van der Waals surface area contributed by atoms with E-state index in [1.165, 1.54) is 6.42 Å². The largest absolute Gasteiger partial charge is 0.407 e. The van der Waals surface area contributed by atoms with E-state index in [1.807, 2.05) is 17.8 Å². The average molecular weight is 139 g/mol. The monoisotopic (exact) mass is 139 g/mol. The summed E-state index contributed by atoms with van der Waals surface area (Å²) in [6, 6.07) is 0.473. The summed E-state index contributed by atoms with van der Waals surface area (Å²) < 4.78 is 7.19. The van der Waals surface area contributed by atoms with E-state index in [1.54, 1.807) is 6.39 Å².